The van der Waals surface area contributed by atoms with Gasteiger partial charge in [-0.2, -0.15) is 0 Å². The van der Waals surface area contributed by atoms with Crippen LogP contribution in [0.2, 0.25) is 0 Å². The minimum Gasteiger partial charge on any atom is -0.444 e. The van der Waals surface area contributed by atoms with Gasteiger partial charge in [0.25, 0.3) is 0 Å². The molecule has 47 heavy (non-hydrogen) atoms. The summed E-state index contributed by atoms with van der Waals surface area (Å²) >= 11 is 0. The summed E-state index contributed by atoms with van der Waals surface area (Å²) in [5.74, 6) is 0. The highest BCUT2D eigenvalue weighted by Crippen LogP contribution is 2.17. The van der Waals surface area contributed by atoms with Crippen LogP contribution in [0.1, 0.15) is 120 Å². The van der Waals surface area contributed by atoms with E-state index in [1.807, 2.05) is 67.2 Å². The summed E-state index contributed by atoms with van der Waals surface area (Å²) in [6.07, 6.45) is 7.92. The van der Waals surface area contributed by atoms with E-state index < -0.39 is 16.8 Å². The van der Waals surface area contributed by atoms with Crippen molar-refractivity contribution in [1.82, 2.24) is 14.7 Å². The zero-order chi connectivity index (χ0) is 35.5. The smallest absolute Gasteiger partial charge is 0.410 e. The molecule has 1 aliphatic rings. The number of rotatable bonds is 4. The van der Waals surface area contributed by atoms with Gasteiger partial charge in [0.05, 0.1) is 25.9 Å². The van der Waals surface area contributed by atoms with Crippen molar-refractivity contribution in [1.29, 1.82) is 0 Å². The molecule has 0 radical (unpaired) electrons. The van der Waals surface area contributed by atoms with Gasteiger partial charge in [-0.1, -0.05) is 31.8 Å². The van der Waals surface area contributed by atoms with Gasteiger partial charge in [0.2, 0.25) is 0 Å². The van der Waals surface area contributed by atoms with Crippen molar-refractivity contribution in [3.63, 3.8) is 0 Å². The number of hydrogen-bond donors (Lipinski definition) is 0. The fourth-order valence-electron chi connectivity index (χ4n) is 4.93. The van der Waals surface area contributed by atoms with Crippen LogP contribution in [0.4, 0.5) is 14.4 Å². The number of carbonyl (C=O) groups is 3. The van der Waals surface area contributed by atoms with Crippen molar-refractivity contribution >= 4 is 18.3 Å². The lowest BCUT2D eigenvalue weighted by Crippen LogP contribution is -2.44. The topological polar surface area (TPSA) is 107 Å². The number of hydrogen-bond acceptors (Lipinski definition) is 8. The van der Waals surface area contributed by atoms with Crippen LogP contribution in [0.25, 0.3) is 0 Å². The summed E-state index contributed by atoms with van der Waals surface area (Å²) in [5, 5.41) is 0. The van der Waals surface area contributed by atoms with Gasteiger partial charge >= 0.3 is 18.3 Å². The molecular weight excluding hydrogens is 602 g/mol. The van der Waals surface area contributed by atoms with E-state index in [0.29, 0.717) is 65.5 Å². The van der Waals surface area contributed by atoms with Crippen molar-refractivity contribution in [2.75, 3.05) is 59.1 Å². The van der Waals surface area contributed by atoms with Crippen molar-refractivity contribution in [3.05, 3.63) is 12.7 Å². The highest BCUT2D eigenvalue weighted by molar-refractivity contribution is 5.69. The molecule has 0 spiro atoms. The van der Waals surface area contributed by atoms with Crippen LogP contribution < -0.4 is 0 Å². The lowest BCUT2D eigenvalue weighted by Gasteiger charge is -2.31. The SMILES string of the molecule is C=CCOCC1CN(C(=O)OC(C)(C)C)CCCCCCN(C(=O)OC(C)(C)C)CCCCCCN(C(=O)OC(C)(C)C)CCCO1. The molecule has 1 saturated heterocycles. The zero-order valence-electron chi connectivity index (χ0n) is 31.2. The maximum Gasteiger partial charge on any atom is 0.410 e. The highest BCUT2D eigenvalue weighted by Gasteiger charge is 2.26. The number of amides is 3. The second-order valence-electron chi connectivity index (χ2n) is 15.4. The third-order valence-corrected chi connectivity index (χ3v) is 7.06. The van der Waals surface area contributed by atoms with Gasteiger partial charge in [0.15, 0.2) is 0 Å². The lowest BCUT2D eigenvalue weighted by molar-refractivity contribution is -0.0369. The zero-order valence-corrected chi connectivity index (χ0v) is 31.2. The van der Waals surface area contributed by atoms with Crippen LogP contribution in [0.3, 0.4) is 0 Å². The molecule has 0 saturated carbocycles. The first-order chi connectivity index (χ1) is 21.9. The standard InChI is InChI=1S/C36H67N3O8/c1-11-26-43-29-30-28-39(33(42)47-36(8,9)10)24-19-15-14-17-22-37(31(40)45-34(2,3)4)21-16-12-13-18-23-38(25-20-27-44-30)32(41)46-35(5,6)7/h11,30H,1,12-29H2,2-10H3. The molecule has 11 heteroatoms. The van der Waals surface area contributed by atoms with Gasteiger partial charge in [-0.3, -0.25) is 0 Å². The van der Waals surface area contributed by atoms with E-state index in [0.717, 1.165) is 51.4 Å². The molecule has 274 valence electrons. The monoisotopic (exact) mass is 669 g/mol. The van der Waals surface area contributed by atoms with E-state index in [4.69, 9.17) is 23.7 Å². The fraction of sp³-hybridized carbons (Fsp3) is 0.861. The molecule has 11 nitrogen and oxygen atoms in total. The van der Waals surface area contributed by atoms with Crippen molar-refractivity contribution in [2.24, 2.45) is 0 Å². The first-order valence-corrected chi connectivity index (χ1v) is 17.6. The molecule has 0 aromatic rings. The summed E-state index contributed by atoms with van der Waals surface area (Å²) in [5.41, 5.74) is -1.79. The van der Waals surface area contributed by atoms with Gasteiger partial charge in [-0.15, -0.1) is 6.58 Å². The van der Waals surface area contributed by atoms with E-state index in [-0.39, 0.29) is 24.4 Å². The third kappa shape index (κ3) is 21.9. The molecule has 1 heterocycles. The Labute approximate surface area is 285 Å². The average molecular weight is 670 g/mol. The van der Waals surface area contributed by atoms with Gasteiger partial charge < -0.3 is 38.4 Å². The molecule has 1 fully saturated rings. The quantitative estimate of drug-likeness (QED) is 0.170. The Hall–Kier alpha value is -2.53. The largest absolute Gasteiger partial charge is 0.444 e. The van der Waals surface area contributed by atoms with E-state index in [2.05, 4.69) is 6.58 Å². The van der Waals surface area contributed by atoms with E-state index in [9.17, 15) is 14.4 Å². The second kappa shape index (κ2) is 21.4. The summed E-state index contributed by atoms with van der Waals surface area (Å²) in [6, 6.07) is 0. The van der Waals surface area contributed by atoms with Gasteiger partial charge in [-0.05, 0) is 94.4 Å². The molecule has 1 atom stereocenters. The molecule has 1 unspecified atom stereocenters. The Morgan fingerprint density at radius 3 is 1.36 bits per heavy atom. The van der Waals surface area contributed by atoms with Crippen LogP contribution in [0, 0.1) is 0 Å². The number of ether oxygens (including phenoxy) is 5. The molecule has 0 N–H and O–H groups in total. The van der Waals surface area contributed by atoms with E-state index in [1.54, 1.807) is 15.9 Å². The summed E-state index contributed by atoms with van der Waals surface area (Å²) in [7, 11) is 0. The van der Waals surface area contributed by atoms with Crippen LogP contribution in [0.15, 0.2) is 12.7 Å². The number of carbonyl (C=O) groups excluding carboxylic acids is 3. The van der Waals surface area contributed by atoms with Crippen LogP contribution in [-0.2, 0) is 23.7 Å². The van der Waals surface area contributed by atoms with Gasteiger partial charge in [-0.25, -0.2) is 14.4 Å². The maximum absolute atomic E-state index is 13.3. The molecule has 0 aromatic heterocycles. The Bertz CT molecular complexity index is 923. The molecule has 3 amide bonds. The van der Waals surface area contributed by atoms with E-state index >= 15 is 0 Å². The summed E-state index contributed by atoms with van der Waals surface area (Å²) in [4.78, 5) is 44.6. The molecule has 0 aliphatic carbocycles. The molecular formula is C36H67N3O8. The molecule has 1 aliphatic heterocycles. The normalized spacial score (nSPS) is 19.7. The van der Waals surface area contributed by atoms with Crippen LogP contribution >= 0.6 is 0 Å². The predicted octanol–water partition coefficient (Wildman–Crippen LogP) is 7.81. The van der Waals surface area contributed by atoms with Gasteiger partial charge in [0.1, 0.15) is 16.8 Å². The third-order valence-electron chi connectivity index (χ3n) is 7.06. The molecule has 1 rings (SSSR count). The predicted molar refractivity (Wildman–Crippen MR) is 186 cm³/mol. The van der Waals surface area contributed by atoms with Gasteiger partial charge in [0, 0.05) is 39.3 Å². The van der Waals surface area contributed by atoms with E-state index in [1.165, 1.54) is 0 Å². The van der Waals surface area contributed by atoms with Crippen molar-refractivity contribution in [2.45, 2.75) is 143 Å². The lowest BCUT2D eigenvalue weighted by atomic mass is 10.1. The number of nitrogens with zero attached hydrogens (tertiary/aromatic N) is 3. The maximum atomic E-state index is 13.3. The summed E-state index contributed by atoms with van der Waals surface area (Å²) in [6.45, 7) is 24.7. The highest BCUT2D eigenvalue weighted by atomic mass is 16.6. The van der Waals surface area contributed by atoms with Crippen molar-refractivity contribution in [3.8, 4) is 0 Å². The first kappa shape index (κ1) is 42.5. The molecule has 0 bridgehead atoms. The fourth-order valence-corrected chi connectivity index (χ4v) is 4.93. The Kier molecular flexibility index (Phi) is 19.4. The minimum atomic E-state index is -0.634. The summed E-state index contributed by atoms with van der Waals surface area (Å²) < 4.78 is 29.1. The minimum absolute atomic E-state index is 0.284. The Morgan fingerprint density at radius 1 is 0.617 bits per heavy atom. The van der Waals surface area contributed by atoms with Crippen molar-refractivity contribution < 1.29 is 38.1 Å². The molecule has 0 aromatic carbocycles. The van der Waals surface area contributed by atoms with Crippen LogP contribution in [-0.4, -0.2) is 115 Å². The Morgan fingerprint density at radius 2 is 0.979 bits per heavy atom. The van der Waals surface area contributed by atoms with Crippen LogP contribution in [0.5, 0.6) is 0 Å². The Balaban J connectivity index is 3.13. The average Bonchev–Trinajstić information content (AvgIpc) is 2.92. The first-order valence-electron chi connectivity index (χ1n) is 17.6. The second-order valence-corrected chi connectivity index (χ2v) is 15.4.